The van der Waals surface area contributed by atoms with Crippen LogP contribution in [0, 0.1) is 0 Å². The molecule has 0 bridgehead atoms. The zero-order valence-corrected chi connectivity index (χ0v) is 6.98. The number of anilines is 1. The van der Waals surface area contributed by atoms with Gasteiger partial charge in [0.05, 0.1) is 11.9 Å². The van der Waals surface area contributed by atoms with Crippen LogP contribution in [0.15, 0.2) is 24.5 Å². The van der Waals surface area contributed by atoms with Gasteiger partial charge in [-0.1, -0.05) is 0 Å². The molecule has 2 N–H and O–H groups in total. The van der Waals surface area contributed by atoms with Crippen molar-refractivity contribution < 1.29 is 0 Å². The smallest absolute Gasteiger partial charge is 0.0553 e. The molecule has 1 atom stereocenters. The number of hydrogen-bond acceptors (Lipinski definition) is 3. The fraction of sp³-hybridized carbons (Fsp3) is 0.444. The van der Waals surface area contributed by atoms with Crippen LogP contribution in [0.1, 0.15) is 6.42 Å². The molecule has 1 aliphatic rings. The third-order valence-corrected chi connectivity index (χ3v) is 2.24. The Hall–Kier alpha value is -1.09. The highest BCUT2D eigenvalue weighted by atomic mass is 15.2. The number of aromatic nitrogens is 1. The highest BCUT2D eigenvalue weighted by molar-refractivity contribution is 5.44. The number of nitrogens with two attached hydrogens (primary N) is 1. The van der Waals surface area contributed by atoms with E-state index in [1.807, 2.05) is 12.3 Å². The molecule has 0 aromatic carbocycles. The van der Waals surface area contributed by atoms with Crippen molar-refractivity contribution in [1.29, 1.82) is 0 Å². The third-order valence-electron chi connectivity index (χ3n) is 2.24. The van der Waals surface area contributed by atoms with Crippen LogP contribution in [0.5, 0.6) is 0 Å². The molecular formula is C9H13N3. The topological polar surface area (TPSA) is 42.1 Å². The van der Waals surface area contributed by atoms with Crippen LogP contribution in [-0.2, 0) is 0 Å². The van der Waals surface area contributed by atoms with E-state index in [-0.39, 0.29) is 0 Å². The molecule has 0 radical (unpaired) electrons. The van der Waals surface area contributed by atoms with Gasteiger partial charge in [-0.3, -0.25) is 4.98 Å². The van der Waals surface area contributed by atoms with Crippen LogP contribution in [-0.4, -0.2) is 24.1 Å². The first-order valence-electron chi connectivity index (χ1n) is 4.27. The van der Waals surface area contributed by atoms with Crippen LogP contribution < -0.4 is 10.6 Å². The van der Waals surface area contributed by atoms with Gasteiger partial charge in [0.2, 0.25) is 0 Å². The highest BCUT2D eigenvalue weighted by Crippen LogP contribution is 2.17. The van der Waals surface area contributed by atoms with Gasteiger partial charge in [-0.15, -0.1) is 0 Å². The molecule has 64 valence electrons. The van der Waals surface area contributed by atoms with Crippen molar-refractivity contribution in [3.63, 3.8) is 0 Å². The quantitative estimate of drug-likeness (QED) is 0.660. The second kappa shape index (κ2) is 3.11. The molecule has 1 aliphatic heterocycles. The number of pyridine rings is 1. The van der Waals surface area contributed by atoms with E-state index in [0.29, 0.717) is 6.04 Å². The van der Waals surface area contributed by atoms with Gasteiger partial charge in [-0.25, -0.2) is 0 Å². The van der Waals surface area contributed by atoms with Crippen molar-refractivity contribution in [2.45, 2.75) is 12.5 Å². The molecule has 1 aromatic rings. The van der Waals surface area contributed by atoms with Crippen LogP contribution in [0.2, 0.25) is 0 Å². The molecule has 0 unspecified atom stereocenters. The van der Waals surface area contributed by atoms with Gasteiger partial charge >= 0.3 is 0 Å². The Kier molecular flexibility index (Phi) is 1.96. The molecule has 0 aliphatic carbocycles. The minimum atomic E-state index is 0.338. The summed E-state index contributed by atoms with van der Waals surface area (Å²) in [5.41, 5.74) is 6.99. The van der Waals surface area contributed by atoms with E-state index in [1.54, 1.807) is 6.20 Å². The summed E-state index contributed by atoms with van der Waals surface area (Å²) >= 11 is 0. The lowest BCUT2D eigenvalue weighted by molar-refractivity contribution is 0.752. The fourth-order valence-electron chi connectivity index (χ4n) is 1.56. The van der Waals surface area contributed by atoms with Crippen molar-refractivity contribution in [3.8, 4) is 0 Å². The average Bonchev–Trinajstić information content (AvgIpc) is 2.54. The van der Waals surface area contributed by atoms with Gasteiger partial charge in [0.1, 0.15) is 0 Å². The minimum absolute atomic E-state index is 0.338. The summed E-state index contributed by atoms with van der Waals surface area (Å²) in [6.07, 6.45) is 4.77. The van der Waals surface area contributed by atoms with E-state index in [4.69, 9.17) is 5.73 Å². The zero-order chi connectivity index (χ0) is 8.39. The maximum absolute atomic E-state index is 5.80. The van der Waals surface area contributed by atoms with E-state index in [9.17, 15) is 0 Å². The molecule has 0 saturated carbocycles. The summed E-state index contributed by atoms with van der Waals surface area (Å²) in [6.45, 7) is 2.03. The molecule has 1 fully saturated rings. The van der Waals surface area contributed by atoms with Crippen LogP contribution >= 0.6 is 0 Å². The Morgan fingerprint density at radius 1 is 1.58 bits per heavy atom. The largest absolute Gasteiger partial charge is 0.369 e. The van der Waals surface area contributed by atoms with E-state index in [0.717, 1.165) is 19.5 Å². The summed E-state index contributed by atoms with van der Waals surface area (Å²) in [7, 11) is 0. The first-order valence-corrected chi connectivity index (χ1v) is 4.27. The van der Waals surface area contributed by atoms with Crippen LogP contribution in [0.3, 0.4) is 0 Å². The summed E-state index contributed by atoms with van der Waals surface area (Å²) in [6, 6.07) is 4.37. The Morgan fingerprint density at radius 3 is 3.08 bits per heavy atom. The number of hydrogen-bond donors (Lipinski definition) is 1. The molecule has 1 saturated heterocycles. The predicted molar refractivity (Wildman–Crippen MR) is 49.0 cm³/mol. The van der Waals surface area contributed by atoms with Gasteiger partial charge < -0.3 is 10.6 Å². The number of nitrogens with zero attached hydrogens (tertiary/aromatic N) is 2. The summed E-state index contributed by atoms with van der Waals surface area (Å²) in [5, 5.41) is 0. The van der Waals surface area contributed by atoms with Crippen molar-refractivity contribution >= 4 is 5.69 Å². The second-order valence-electron chi connectivity index (χ2n) is 3.21. The molecule has 12 heavy (non-hydrogen) atoms. The number of rotatable bonds is 1. The van der Waals surface area contributed by atoms with Gasteiger partial charge in [0, 0.05) is 25.3 Å². The monoisotopic (exact) mass is 163 g/mol. The molecule has 0 spiro atoms. The zero-order valence-electron chi connectivity index (χ0n) is 6.98. The lowest BCUT2D eigenvalue weighted by Crippen LogP contribution is -2.26. The van der Waals surface area contributed by atoms with Crippen molar-refractivity contribution in [2.24, 2.45) is 5.73 Å². The third kappa shape index (κ3) is 1.41. The Morgan fingerprint density at radius 2 is 2.50 bits per heavy atom. The maximum Gasteiger partial charge on any atom is 0.0553 e. The van der Waals surface area contributed by atoms with Gasteiger partial charge in [0.25, 0.3) is 0 Å². The van der Waals surface area contributed by atoms with Gasteiger partial charge in [0.15, 0.2) is 0 Å². The summed E-state index contributed by atoms with van der Waals surface area (Å²) in [4.78, 5) is 6.35. The maximum atomic E-state index is 5.80. The van der Waals surface area contributed by atoms with E-state index in [1.165, 1.54) is 5.69 Å². The highest BCUT2D eigenvalue weighted by Gasteiger charge is 2.18. The van der Waals surface area contributed by atoms with Crippen LogP contribution in [0.25, 0.3) is 0 Å². The van der Waals surface area contributed by atoms with Crippen molar-refractivity contribution in [3.05, 3.63) is 24.5 Å². The second-order valence-corrected chi connectivity index (χ2v) is 3.21. The van der Waals surface area contributed by atoms with Crippen LogP contribution in [0.4, 0.5) is 5.69 Å². The first-order chi connectivity index (χ1) is 5.86. The molecule has 3 nitrogen and oxygen atoms in total. The Balaban J connectivity index is 2.11. The lowest BCUT2D eigenvalue weighted by atomic mass is 10.3. The van der Waals surface area contributed by atoms with E-state index >= 15 is 0 Å². The fourth-order valence-corrected chi connectivity index (χ4v) is 1.56. The average molecular weight is 163 g/mol. The normalized spacial score (nSPS) is 23.1. The SMILES string of the molecule is N[C@@H]1CCN(c2cccnc2)C1. The molecule has 3 heteroatoms. The Bertz CT molecular complexity index is 247. The minimum Gasteiger partial charge on any atom is -0.369 e. The summed E-state index contributed by atoms with van der Waals surface area (Å²) in [5.74, 6) is 0. The van der Waals surface area contributed by atoms with Gasteiger partial charge in [-0.2, -0.15) is 0 Å². The summed E-state index contributed by atoms with van der Waals surface area (Å²) < 4.78 is 0. The molecule has 2 rings (SSSR count). The van der Waals surface area contributed by atoms with E-state index in [2.05, 4.69) is 16.0 Å². The van der Waals surface area contributed by atoms with E-state index < -0.39 is 0 Å². The molecule has 1 aromatic heterocycles. The lowest BCUT2D eigenvalue weighted by Gasteiger charge is -2.16. The molecule has 0 amide bonds. The van der Waals surface area contributed by atoms with Crippen molar-refractivity contribution in [1.82, 2.24) is 4.98 Å². The van der Waals surface area contributed by atoms with Crippen molar-refractivity contribution in [2.75, 3.05) is 18.0 Å². The standard InChI is InChI=1S/C9H13N3/c10-8-3-5-12(7-8)9-2-1-4-11-6-9/h1-2,4,6,8H,3,5,7,10H2/t8-/m1/s1. The van der Waals surface area contributed by atoms with Gasteiger partial charge in [-0.05, 0) is 18.6 Å². The predicted octanol–water partition coefficient (Wildman–Crippen LogP) is 0.619. The molecular weight excluding hydrogens is 150 g/mol. The first kappa shape index (κ1) is 7.55. The Labute approximate surface area is 72.2 Å². The molecule has 2 heterocycles.